The predicted molar refractivity (Wildman–Crippen MR) is 115 cm³/mol. The Morgan fingerprint density at radius 3 is 2.68 bits per heavy atom. The Morgan fingerprint density at radius 1 is 1.06 bits per heavy atom. The highest BCUT2D eigenvalue weighted by atomic mass is 19.2. The van der Waals surface area contributed by atoms with Crippen LogP contribution in [0.5, 0.6) is 5.75 Å². The molecule has 1 atom stereocenters. The SMILES string of the molecule is COc1cc(-c2nnc3n2CCCC3c2ccc(F)c(F)c2)ccc1C1=CN=C(C)C1. The molecule has 0 radical (unpaired) electrons. The summed E-state index contributed by atoms with van der Waals surface area (Å²) in [7, 11) is 1.66. The molecule has 158 valence electrons. The minimum atomic E-state index is -0.841. The molecule has 2 aromatic carbocycles. The van der Waals surface area contributed by atoms with Crippen molar-refractivity contribution < 1.29 is 13.5 Å². The maximum Gasteiger partial charge on any atom is 0.164 e. The van der Waals surface area contributed by atoms with Gasteiger partial charge in [0, 0.05) is 41.9 Å². The van der Waals surface area contributed by atoms with Gasteiger partial charge in [0.1, 0.15) is 11.6 Å². The topological polar surface area (TPSA) is 52.3 Å². The normalized spacial score (nSPS) is 17.9. The number of allylic oxidation sites excluding steroid dienone is 1. The maximum absolute atomic E-state index is 13.8. The van der Waals surface area contributed by atoms with Crippen LogP contribution in [-0.2, 0) is 6.54 Å². The third-order valence-electron chi connectivity index (χ3n) is 6.00. The largest absolute Gasteiger partial charge is 0.496 e. The van der Waals surface area contributed by atoms with Gasteiger partial charge in [-0.1, -0.05) is 18.2 Å². The summed E-state index contributed by atoms with van der Waals surface area (Å²) in [4.78, 5) is 4.37. The van der Waals surface area contributed by atoms with E-state index in [-0.39, 0.29) is 5.92 Å². The Morgan fingerprint density at radius 2 is 1.94 bits per heavy atom. The standard InChI is InChI=1S/C24H22F2N4O/c1-14-10-17(13-27-14)18-7-5-16(12-22(18)31-2)23-28-29-24-19(4-3-9-30(23)24)15-6-8-20(25)21(26)11-15/h5-8,11-13,19H,3-4,9-10H2,1-2H3. The fourth-order valence-electron chi connectivity index (χ4n) is 4.45. The van der Waals surface area contributed by atoms with Crippen LogP contribution in [0.25, 0.3) is 17.0 Å². The van der Waals surface area contributed by atoms with Crippen LogP contribution in [0.15, 0.2) is 47.6 Å². The summed E-state index contributed by atoms with van der Waals surface area (Å²) in [6.07, 6.45) is 4.42. The summed E-state index contributed by atoms with van der Waals surface area (Å²) in [6, 6.07) is 10.1. The molecule has 1 aromatic heterocycles. The molecule has 0 saturated carbocycles. The van der Waals surface area contributed by atoms with E-state index in [2.05, 4.69) is 19.8 Å². The highest BCUT2D eigenvalue weighted by Crippen LogP contribution is 2.38. The van der Waals surface area contributed by atoms with Crippen LogP contribution in [0.2, 0.25) is 0 Å². The van der Waals surface area contributed by atoms with Crippen molar-refractivity contribution in [2.75, 3.05) is 7.11 Å². The maximum atomic E-state index is 13.8. The lowest BCUT2D eigenvalue weighted by Crippen LogP contribution is -2.18. The summed E-state index contributed by atoms with van der Waals surface area (Å²) in [5.41, 5.74) is 4.85. The minimum absolute atomic E-state index is 0.116. The van der Waals surface area contributed by atoms with Gasteiger partial charge in [-0.3, -0.25) is 4.99 Å². The summed E-state index contributed by atoms with van der Waals surface area (Å²) in [5, 5.41) is 8.89. The Labute approximate surface area is 179 Å². The van der Waals surface area contributed by atoms with Crippen LogP contribution in [0.3, 0.4) is 0 Å². The van der Waals surface area contributed by atoms with Gasteiger partial charge in [0.15, 0.2) is 17.5 Å². The van der Waals surface area contributed by atoms with Crippen molar-refractivity contribution in [2.45, 2.75) is 38.6 Å². The van der Waals surface area contributed by atoms with E-state index in [1.54, 1.807) is 13.2 Å². The number of benzene rings is 2. The quantitative estimate of drug-likeness (QED) is 0.571. The summed E-state index contributed by atoms with van der Waals surface area (Å²) < 4.78 is 34.9. The molecule has 0 N–H and O–H groups in total. The second kappa shape index (κ2) is 7.72. The molecular weight excluding hydrogens is 398 g/mol. The molecule has 1 unspecified atom stereocenters. The van der Waals surface area contributed by atoms with Gasteiger partial charge < -0.3 is 9.30 Å². The third-order valence-corrected chi connectivity index (χ3v) is 6.00. The van der Waals surface area contributed by atoms with Gasteiger partial charge in [-0.2, -0.15) is 0 Å². The fourth-order valence-corrected chi connectivity index (χ4v) is 4.45. The summed E-state index contributed by atoms with van der Waals surface area (Å²) in [5.74, 6) is 0.494. The number of nitrogens with zero attached hydrogens (tertiary/aromatic N) is 4. The minimum Gasteiger partial charge on any atom is -0.496 e. The highest BCUT2D eigenvalue weighted by molar-refractivity contribution is 5.97. The van der Waals surface area contributed by atoms with Gasteiger partial charge >= 0.3 is 0 Å². The van der Waals surface area contributed by atoms with Gasteiger partial charge in [-0.05, 0) is 49.1 Å². The molecule has 0 aliphatic carbocycles. The molecular formula is C24H22F2N4O. The molecule has 5 rings (SSSR count). The second-order valence-electron chi connectivity index (χ2n) is 8.01. The van der Waals surface area contributed by atoms with Crippen molar-refractivity contribution in [3.63, 3.8) is 0 Å². The Hall–Kier alpha value is -3.35. The van der Waals surface area contributed by atoms with E-state index in [1.165, 1.54) is 12.1 Å². The number of hydrogen-bond donors (Lipinski definition) is 0. The molecule has 2 aliphatic heterocycles. The molecule has 3 heterocycles. The smallest absolute Gasteiger partial charge is 0.164 e. The fraction of sp³-hybridized carbons (Fsp3) is 0.292. The van der Waals surface area contributed by atoms with Crippen molar-refractivity contribution in [3.8, 4) is 17.1 Å². The average Bonchev–Trinajstić information content (AvgIpc) is 3.41. The Balaban J connectivity index is 1.51. The van der Waals surface area contributed by atoms with Crippen LogP contribution < -0.4 is 4.74 Å². The van der Waals surface area contributed by atoms with E-state index >= 15 is 0 Å². The number of rotatable bonds is 4. The molecule has 5 nitrogen and oxygen atoms in total. The van der Waals surface area contributed by atoms with Crippen molar-refractivity contribution in [3.05, 3.63) is 71.2 Å². The average molecular weight is 420 g/mol. The third kappa shape index (κ3) is 3.44. The number of aromatic nitrogens is 3. The van der Waals surface area contributed by atoms with E-state index < -0.39 is 11.6 Å². The second-order valence-corrected chi connectivity index (χ2v) is 8.01. The number of ether oxygens (including phenoxy) is 1. The van der Waals surface area contributed by atoms with E-state index in [4.69, 9.17) is 4.74 Å². The van der Waals surface area contributed by atoms with Gasteiger partial charge in [0.05, 0.1) is 7.11 Å². The number of methoxy groups -OCH3 is 1. The molecule has 0 bridgehead atoms. The molecule has 31 heavy (non-hydrogen) atoms. The van der Waals surface area contributed by atoms with E-state index in [0.717, 1.165) is 71.2 Å². The van der Waals surface area contributed by atoms with Gasteiger partial charge in [0.25, 0.3) is 0 Å². The monoisotopic (exact) mass is 420 g/mol. The number of halogens is 2. The number of aliphatic imine (C=N–C) groups is 1. The molecule has 0 fully saturated rings. The highest BCUT2D eigenvalue weighted by Gasteiger charge is 2.28. The van der Waals surface area contributed by atoms with E-state index in [0.29, 0.717) is 0 Å². The summed E-state index contributed by atoms with van der Waals surface area (Å²) >= 11 is 0. The molecule has 0 spiro atoms. The number of hydrogen-bond acceptors (Lipinski definition) is 4. The van der Waals surface area contributed by atoms with Crippen LogP contribution in [0.1, 0.15) is 49.1 Å². The lowest BCUT2D eigenvalue weighted by Gasteiger charge is -2.24. The zero-order chi connectivity index (χ0) is 21.5. The van der Waals surface area contributed by atoms with Gasteiger partial charge in [0.2, 0.25) is 0 Å². The van der Waals surface area contributed by atoms with E-state index in [9.17, 15) is 8.78 Å². The predicted octanol–water partition coefficient (Wildman–Crippen LogP) is 5.36. The first-order valence-electron chi connectivity index (χ1n) is 10.3. The zero-order valence-corrected chi connectivity index (χ0v) is 17.4. The molecule has 0 amide bonds. The van der Waals surface area contributed by atoms with Gasteiger partial charge in [-0.15, -0.1) is 10.2 Å². The summed E-state index contributed by atoms with van der Waals surface area (Å²) in [6.45, 7) is 2.79. The molecule has 3 aromatic rings. The van der Waals surface area contributed by atoms with Crippen LogP contribution in [-0.4, -0.2) is 27.6 Å². The van der Waals surface area contributed by atoms with Crippen molar-refractivity contribution in [1.82, 2.24) is 14.8 Å². The Bertz CT molecular complexity index is 1230. The van der Waals surface area contributed by atoms with Crippen molar-refractivity contribution in [2.24, 2.45) is 4.99 Å². The molecule has 0 saturated heterocycles. The Kier molecular flexibility index (Phi) is 4.88. The molecule has 2 aliphatic rings. The number of fused-ring (bicyclic) bond motifs is 1. The van der Waals surface area contributed by atoms with Crippen molar-refractivity contribution in [1.29, 1.82) is 0 Å². The van der Waals surface area contributed by atoms with Crippen molar-refractivity contribution >= 4 is 11.3 Å². The van der Waals surface area contributed by atoms with Crippen LogP contribution in [0, 0.1) is 11.6 Å². The van der Waals surface area contributed by atoms with E-state index in [1.807, 2.05) is 31.3 Å². The first kappa shape index (κ1) is 19.6. The lowest BCUT2D eigenvalue weighted by molar-refractivity contribution is 0.413. The molecule has 7 heteroatoms. The first-order chi connectivity index (χ1) is 15.0. The van der Waals surface area contributed by atoms with Gasteiger partial charge in [-0.25, -0.2) is 8.78 Å². The lowest BCUT2D eigenvalue weighted by atomic mass is 9.90. The van der Waals surface area contributed by atoms with Crippen LogP contribution in [0.4, 0.5) is 8.78 Å². The first-order valence-corrected chi connectivity index (χ1v) is 10.3. The van der Waals surface area contributed by atoms with Crippen LogP contribution >= 0.6 is 0 Å². The zero-order valence-electron chi connectivity index (χ0n) is 17.4.